The summed E-state index contributed by atoms with van der Waals surface area (Å²) in [6.45, 7) is 5.09. The van der Waals surface area contributed by atoms with Crippen LogP contribution in [0.1, 0.15) is 50.5 Å². The summed E-state index contributed by atoms with van der Waals surface area (Å²) < 4.78 is 2.11. The second-order valence-electron chi connectivity index (χ2n) is 4.94. The molecule has 0 spiro atoms. The number of nitrogen functional groups attached to an aromatic ring is 1. The summed E-state index contributed by atoms with van der Waals surface area (Å²) in [4.78, 5) is 4.61. The van der Waals surface area contributed by atoms with Crippen molar-refractivity contribution >= 4 is 5.82 Å². The summed E-state index contributed by atoms with van der Waals surface area (Å²) in [5.74, 6) is 2.77. The molecule has 1 heterocycles. The van der Waals surface area contributed by atoms with Crippen LogP contribution >= 0.6 is 0 Å². The fraction of sp³-hybridized carbons (Fsp3) is 0.769. The summed E-state index contributed by atoms with van der Waals surface area (Å²) in [5, 5.41) is 0. The third-order valence-electron chi connectivity index (χ3n) is 3.80. The smallest absolute Gasteiger partial charge is 0.126 e. The number of aromatic nitrogens is 2. The van der Waals surface area contributed by atoms with Gasteiger partial charge < -0.3 is 10.3 Å². The summed E-state index contributed by atoms with van der Waals surface area (Å²) in [6.07, 6.45) is 7.99. The largest absolute Gasteiger partial charge is 0.384 e. The molecule has 0 amide bonds. The molecule has 0 bridgehead atoms. The van der Waals surface area contributed by atoms with Crippen LogP contribution in [0, 0.1) is 12.8 Å². The number of hydrogen-bond acceptors (Lipinski definition) is 2. The van der Waals surface area contributed by atoms with Crippen molar-refractivity contribution in [2.45, 2.75) is 58.9 Å². The quantitative estimate of drug-likeness (QED) is 0.853. The van der Waals surface area contributed by atoms with Crippen LogP contribution in [0.4, 0.5) is 5.82 Å². The maximum absolute atomic E-state index is 6.13. The second-order valence-corrected chi connectivity index (χ2v) is 4.94. The zero-order valence-corrected chi connectivity index (χ0v) is 10.5. The molecule has 16 heavy (non-hydrogen) atoms. The van der Waals surface area contributed by atoms with Crippen LogP contribution in [0.25, 0.3) is 0 Å². The van der Waals surface area contributed by atoms with Crippen LogP contribution in [0.3, 0.4) is 0 Å². The molecule has 1 aliphatic carbocycles. The fourth-order valence-corrected chi connectivity index (χ4v) is 2.86. The first-order valence-corrected chi connectivity index (χ1v) is 6.53. The molecule has 0 saturated heterocycles. The predicted molar refractivity (Wildman–Crippen MR) is 67.3 cm³/mol. The molecule has 0 radical (unpaired) electrons. The molecule has 1 aliphatic rings. The Morgan fingerprint density at radius 3 is 2.56 bits per heavy atom. The van der Waals surface area contributed by atoms with Gasteiger partial charge in [-0.05, 0) is 26.2 Å². The molecule has 1 aromatic heterocycles. The molecule has 3 heteroatoms. The lowest BCUT2D eigenvalue weighted by atomic mass is 9.86. The Kier molecular flexibility index (Phi) is 3.52. The van der Waals surface area contributed by atoms with Gasteiger partial charge >= 0.3 is 0 Å². The van der Waals surface area contributed by atoms with Gasteiger partial charge in [0, 0.05) is 6.54 Å². The minimum absolute atomic E-state index is 0.815. The van der Waals surface area contributed by atoms with Crippen molar-refractivity contribution in [3.05, 3.63) is 11.5 Å². The molecular formula is C13H23N3. The zero-order valence-electron chi connectivity index (χ0n) is 10.5. The van der Waals surface area contributed by atoms with Gasteiger partial charge in [0.05, 0.1) is 5.69 Å². The van der Waals surface area contributed by atoms with Crippen molar-refractivity contribution in [3.63, 3.8) is 0 Å². The maximum atomic E-state index is 6.13. The van der Waals surface area contributed by atoms with Gasteiger partial charge in [0.25, 0.3) is 0 Å². The van der Waals surface area contributed by atoms with E-state index in [0.29, 0.717) is 0 Å². The molecule has 1 fully saturated rings. The lowest BCUT2D eigenvalue weighted by molar-refractivity contribution is 0.355. The van der Waals surface area contributed by atoms with Gasteiger partial charge in [-0.15, -0.1) is 0 Å². The normalized spacial score (nSPS) is 17.9. The number of nitrogens with zero attached hydrogens (tertiary/aromatic N) is 2. The number of hydrogen-bond donors (Lipinski definition) is 1. The standard InChI is InChI=1S/C13H23N3/c1-3-16-10(2)15-12(13(16)14)9-11-7-5-4-6-8-11/h11H,3-9,14H2,1-2H3. The minimum atomic E-state index is 0.815. The Morgan fingerprint density at radius 2 is 2.00 bits per heavy atom. The summed E-state index contributed by atoms with van der Waals surface area (Å²) in [5.41, 5.74) is 7.26. The van der Waals surface area contributed by atoms with Crippen LogP contribution in [-0.2, 0) is 13.0 Å². The molecule has 0 atom stereocenters. The Hall–Kier alpha value is -0.990. The Balaban J connectivity index is 2.08. The Morgan fingerprint density at radius 1 is 1.31 bits per heavy atom. The van der Waals surface area contributed by atoms with Crippen molar-refractivity contribution in [1.82, 2.24) is 9.55 Å². The van der Waals surface area contributed by atoms with E-state index in [2.05, 4.69) is 16.5 Å². The molecule has 1 saturated carbocycles. The van der Waals surface area contributed by atoms with E-state index in [-0.39, 0.29) is 0 Å². The van der Waals surface area contributed by atoms with E-state index in [0.717, 1.165) is 36.2 Å². The van der Waals surface area contributed by atoms with Gasteiger partial charge in [-0.25, -0.2) is 4.98 Å². The van der Waals surface area contributed by atoms with Gasteiger partial charge in [0.1, 0.15) is 11.6 Å². The fourth-order valence-electron chi connectivity index (χ4n) is 2.86. The van der Waals surface area contributed by atoms with Crippen molar-refractivity contribution < 1.29 is 0 Å². The molecule has 90 valence electrons. The van der Waals surface area contributed by atoms with Gasteiger partial charge in [-0.2, -0.15) is 0 Å². The first kappa shape index (κ1) is 11.5. The third kappa shape index (κ3) is 2.23. The first-order chi connectivity index (χ1) is 7.72. The third-order valence-corrected chi connectivity index (χ3v) is 3.80. The number of nitrogens with two attached hydrogens (primary N) is 1. The topological polar surface area (TPSA) is 43.8 Å². The van der Waals surface area contributed by atoms with Crippen LogP contribution in [0.15, 0.2) is 0 Å². The van der Waals surface area contributed by atoms with E-state index in [9.17, 15) is 0 Å². The molecule has 2 N–H and O–H groups in total. The van der Waals surface area contributed by atoms with Crippen molar-refractivity contribution in [3.8, 4) is 0 Å². The van der Waals surface area contributed by atoms with Crippen molar-refractivity contribution in [1.29, 1.82) is 0 Å². The highest BCUT2D eigenvalue weighted by Gasteiger charge is 2.18. The maximum Gasteiger partial charge on any atom is 0.126 e. The highest BCUT2D eigenvalue weighted by Crippen LogP contribution is 2.28. The highest BCUT2D eigenvalue weighted by molar-refractivity contribution is 5.38. The molecule has 2 rings (SSSR count). The van der Waals surface area contributed by atoms with Gasteiger partial charge in [-0.3, -0.25) is 0 Å². The van der Waals surface area contributed by atoms with Crippen LogP contribution in [0.2, 0.25) is 0 Å². The van der Waals surface area contributed by atoms with E-state index in [1.165, 1.54) is 32.1 Å². The highest BCUT2D eigenvalue weighted by atomic mass is 15.1. The van der Waals surface area contributed by atoms with Crippen molar-refractivity contribution in [2.24, 2.45) is 5.92 Å². The molecule has 3 nitrogen and oxygen atoms in total. The van der Waals surface area contributed by atoms with E-state index in [4.69, 9.17) is 5.73 Å². The number of rotatable bonds is 3. The monoisotopic (exact) mass is 221 g/mol. The van der Waals surface area contributed by atoms with Gasteiger partial charge in [0.15, 0.2) is 0 Å². The number of aryl methyl sites for hydroxylation is 1. The number of imidazole rings is 1. The lowest BCUT2D eigenvalue weighted by Crippen LogP contribution is -2.11. The van der Waals surface area contributed by atoms with E-state index >= 15 is 0 Å². The van der Waals surface area contributed by atoms with Gasteiger partial charge in [-0.1, -0.05) is 32.1 Å². The van der Waals surface area contributed by atoms with Crippen LogP contribution < -0.4 is 5.73 Å². The van der Waals surface area contributed by atoms with E-state index < -0.39 is 0 Å². The average molecular weight is 221 g/mol. The SMILES string of the molecule is CCn1c(C)nc(CC2CCCCC2)c1N. The lowest BCUT2D eigenvalue weighted by Gasteiger charge is -2.20. The summed E-state index contributed by atoms with van der Waals surface area (Å²) in [6, 6.07) is 0. The van der Waals surface area contributed by atoms with Crippen LogP contribution in [0.5, 0.6) is 0 Å². The van der Waals surface area contributed by atoms with Crippen LogP contribution in [-0.4, -0.2) is 9.55 Å². The zero-order chi connectivity index (χ0) is 11.5. The first-order valence-electron chi connectivity index (χ1n) is 6.53. The van der Waals surface area contributed by atoms with Crippen molar-refractivity contribution in [2.75, 3.05) is 5.73 Å². The molecular weight excluding hydrogens is 198 g/mol. The Bertz CT molecular complexity index is 348. The molecule has 0 aliphatic heterocycles. The minimum Gasteiger partial charge on any atom is -0.384 e. The summed E-state index contributed by atoms with van der Waals surface area (Å²) >= 11 is 0. The second kappa shape index (κ2) is 4.89. The average Bonchev–Trinajstić information content (AvgIpc) is 2.55. The van der Waals surface area contributed by atoms with E-state index in [1.54, 1.807) is 0 Å². The molecule has 0 unspecified atom stereocenters. The number of anilines is 1. The molecule has 0 aromatic carbocycles. The van der Waals surface area contributed by atoms with Gasteiger partial charge in [0.2, 0.25) is 0 Å². The summed E-state index contributed by atoms with van der Waals surface area (Å²) in [7, 11) is 0. The Labute approximate surface area is 98.1 Å². The van der Waals surface area contributed by atoms with E-state index in [1.807, 2.05) is 6.92 Å². The predicted octanol–water partition coefficient (Wildman–Crippen LogP) is 2.92. The molecule has 1 aromatic rings.